The fourth-order valence-electron chi connectivity index (χ4n) is 3.20. The molecule has 7 heteroatoms. The number of hydrogen-bond donors (Lipinski definition) is 0. The fraction of sp³-hybridized carbons (Fsp3) is 0.467. The zero-order valence-electron chi connectivity index (χ0n) is 12.2. The Morgan fingerprint density at radius 3 is 2.73 bits per heavy atom. The van der Waals surface area contributed by atoms with E-state index in [0.717, 1.165) is 43.1 Å². The second-order valence-electron chi connectivity index (χ2n) is 5.85. The average Bonchev–Trinajstić information content (AvgIpc) is 2.94. The van der Waals surface area contributed by atoms with Crippen molar-refractivity contribution in [2.75, 3.05) is 38.2 Å². The van der Waals surface area contributed by atoms with Gasteiger partial charge >= 0.3 is 0 Å². The lowest BCUT2D eigenvalue weighted by Crippen LogP contribution is -2.48. The summed E-state index contributed by atoms with van der Waals surface area (Å²) in [6.07, 6.45) is 2.04. The first-order chi connectivity index (χ1) is 10.6. The number of rotatable bonds is 1. The summed E-state index contributed by atoms with van der Waals surface area (Å²) in [7, 11) is 2.15. The highest BCUT2D eigenvalue weighted by molar-refractivity contribution is 6.42. The summed E-state index contributed by atoms with van der Waals surface area (Å²) in [5, 5.41) is 0.997. The molecule has 2 saturated heterocycles. The van der Waals surface area contributed by atoms with Gasteiger partial charge in [0.1, 0.15) is 5.82 Å². The van der Waals surface area contributed by atoms with Crippen LogP contribution in [0.15, 0.2) is 18.3 Å². The third kappa shape index (κ3) is 2.42. The Labute approximate surface area is 138 Å². The molecule has 3 heterocycles. The topological polar surface area (TPSA) is 41.5 Å². The summed E-state index contributed by atoms with van der Waals surface area (Å²) in [6.45, 7) is 3.52. The van der Waals surface area contributed by atoms with Gasteiger partial charge in [-0.15, -0.1) is 0 Å². The lowest BCUT2D eigenvalue weighted by Gasteiger charge is -2.33. The monoisotopic (exact) mass is 338 g/mol. The average molecular weight is 339 g/mol. The number of aromatic nitrogens is 2. The first kappa shape index (κ1) is 14.5. The molecule has 2 aliphatic heterocycles. The van der Waals surface area contributed by atoms with Crippen molar-refractivity contribution in [2.24, 2.45) is 0 Å². The maximum absolute atomic E-state index is 6.08. The van der Waals surface area contributed by atoms with Gasteiger partial charge in [0.2, 0.25) is 0 Å². The third-order valence-corrected chi connectivity index (χ3v) is 5.20. The zero-order valence-corrected chi connectivity index (χ0v) is 13.7. The van der Waals surface area contributed by atoms with E-state index in [1.807, 2.05) is 0 Å². The predicted molar refractivity (Wildman–Crippen MR) is 87.9 cm³/mol. The van der Waals surface area contributed by atoms with Crippen LogP contribution in [0.5, 0.6) is 0 Å². The SMILES string of the molecule is CN1CCO[C@H]2CN(c3cnc4cc(Cl)c(Cl)cc4n3)C[C@@H]21. The van der Waals surface area contributed by atoms with E-state index < -0.39 is 0 Å². The molecule has 1 aromatic heterocycles. The molecule has 116 valence electrons. The predicted octanol–water partition coefficient (Wildman–Crippen LogP) is 2.46. The maximum atomic E-state index is 6.08. The van der Waals surface area contributed by atoms with E-state index in [1.54, 1.807) is 18.3 Å². The molecule has 4 rings (SSSR count). The quantitative estimate of drug-likeness (QED) is 0.798. The van der Waals surface area contributed by atoms with E-state index >= 15 is 0 Å². The molecule has 0 spiro atoms. The zero-order chi connectivity index (χ0) is 15.3. The lowest BCUT2D eigenvalue weighted by atomic mass is 10.1. The van der Waals surface area contributed by atoms with Gasteiger partial charge in [-0.3, -0.25) is 9.88 Å². The van der Waals surface area contributed by atoms with Gasteiger partial charge in [-0.25, -0.2) is 4.98 Å². The van der Waals surface area contributed by atoms with E-state index in [1.165, 1.54) is 0 Å². The Kier molecular flexibility index (Phi) is 3.61. The number of morpholine rings is 1. The second kappa shape index (κ2) is 5.49. The summed E-state index contributed by atoms with van der Waals surface area (Å²) in [5.74, 6) is 0.859. The van der Waals surface area contributed by atoms with E-state index in [-0.39, 0.29) is 6.10 Å². The number of fused-ring (bicyclic) bond motifs is 2. The summed E-state index contributed by atoms with van der Waals surface area (Å²) in [5.41, 5.74) is 1.51. The molecular weight excluding hydrogens is 323 g/mol. The molecule has 0 bridgehead atoms. The van der Waals surface area contributed by atoms with Gasteiger partial charge in [0.25, 0.3) is 0 Å². The van der Waals surface area contributed by atoms with E-state index in [0.29, 0.717) is 16.1 Å². The third-order valence-electron chi connectivity index (χ3n) is 4.47. The van der Waals surface area contributed by atoms with E-state index in [4.69, 9.17) is 27.9 Å². The molecule has 0 N–H and O–H groups in total. The lowest BCUT2D eigenvalue weighted by molar-refractivity contribution is -0.0362. The Bertz CT molecular complexity index is 726. The van der Waals surface area contributed by atoms with Crippen LogP contribution in [0.2, 0.25) is 10.0 Å². The van der Waals surface area contributed by atoms with Crippen molar-refractivity contribution in [3.8, 4) is 0 Å². The minimum Gasteiger partial charge on any atom is -0.373 e. The molecule has 1 aromatic carbocycles. The van der Waals surface area contributed by atoms with Gasteiger partial charge in [0.05, 0.1) is 46.0 Å². The van der Waals surface area contributed by atoms with Crippen LogP contribution in [0.25, 0.3) is 11.0 Å². The molecule has 0 saturated carbocycles. The van der Waals surface area contributed by atoms with Crippen molar-refractivity contribution >= 4 is 40.1 Å². The van der Waals surface area contributed by atoms with Crippen LogP contribution in [0.4, 0.5) is 5.82 Å². The van der Waals surface area contributed by atoms with E-state index in [2.05, 4.69) is 26.8 Å². The Morgan fingerprint density at radius 1 is 1.18 bits per heavy atom. The highest BCUT2D eigenvalue weighted by Gasteiger charge is 2.39. The van der Waals surface area contributed by atoms with Gasteiger partial charge in [-0.2, -0.15) is 0 Å². The number of anilines is 1. The van der Waals surface area contributed by atoms with Crippen LogP contribution in [0.1, 0.15) is 0 Å². The fourth-order valence-corrected chi connectivity index (χ4v) is 3.51. The van der Waals surface area contributed by atoms with Crippen molar-refractivity contribution in [1.29, 1.82) is 0 Å². The molecule has 2 aromatic rings. The number of ether oxygens (including phenoxy) is 1. The summed E-state index contributed by atoms with van der Waals surface area (Å²) in [6, 6.07) is 3.93. The number of likely N-dealkylation sites (N-methyl/N-ethyl adjacent to an activating group) is 1. The number of nitrogens with zero attached hydrogens (tertiary/aromatic N) is 4. The molecular formula is C15H16Cl2N4O. The van der Waals surface area contributed by atoms with Crippen LogP contribution in [-0.2, 0) is 4.74 Å². The minimum atomic E-state index is 0.241. The van der Waals surface area contributed by atoms with Crippen molar-refractivity contribution < 1.29 is 4.74 Å². The van der Waals surface area contributed by atoms with Crippen molar-refractivity contribution in [2.45, 2.75) is 12.1 Å². The van der Waals surface area contributed by atoms with Crippen LogP contribution in [-0.4, -0.2) is 60.3 Å². The van der Waals surface area contributed by atoms with Crippen molar-refractivity contribution in [3.05, 3.63) is 28.4 Å². The summed E-state index contributed by atoms with van der Waals surface area (Å²) < 4.78 is 5.88. The second-order valence-corrected chi connectivity index (χ2v) is 6.66. The number of hydrogen-bond acceptors (Lipinski definition) is 5. The number of halogens is 2. The molecule has 0 unspecified atom stereocenters. The Balaban J connectivity index is 1.65. The Hall–Kier alpha value is -1.14. The summed E-state index contributed by atoms with van der Waals surface area (Å²) in [4.78, 5) is 13.7. The highest BCUT2D eigenvalue weighted by Crippen LogP contribution is 2.29. The normalized spacial score (nSPS) is 25.7. The van der Waals surface area contributed by atoms with Crippen LogP contribution < -0.4 is 4.90 Å². The smallest absolute Gasteiger partial charge is 0.147 e. The molecule has 0 radical (unpaired) electrons. The minimum absolute atomic E-state index is 0.241. The first-order valence-electron chi connectivity index (χ1n) is 7.30. The van der Waals surface area contributed by atoms with Gasteiger partial charge in [0, 0.05) is 19.6 Å². The molecule has 2 fully saturated rings. The van der Waals surface area contributed by atoms with Crippen LogP contribution in [0.3, 0.4) is 0 Å². The standard InChI is InChI=1S/C15H16Cl2N4O/c1-20-2-3-22-14-8-21(7-13(14)20)15-6-18-11-4-9(16)10(17)5-12(11)19-15/h4-6,13-14H,2-3,7-8H2,1H3/t13-,14-/m0/s1. The summed E-state index contributed by atoms with van der Waals surface area (Å²) >= 11 is 12.1. The van der Waals surface area contributed by atoms with Crippen LogP contribution >= 0.6 is 23.2 Å². The van der Waals surface area contributed by atoms with Gasteiger partial charge in [0.15, 0.2) is 0 Å². The van der Waals surface area contributed by atoms with Crippen molar-refractivity contribution in [1.82, 2.24) is 14.9 Å². The molecule has 0 aliphatic carbocycles. The Morgan fingerprint density at radius 2 is 1.95 bits per heavy atom. The number of benzene rings is 1. The molecule has 0 amide bonds. The van der Waals surface area contributed by atoms with Gasteiger partial charge in [-0.05, 0) is 19.2 Å². The molecule has 22 heavy (non-hydrogen) atoms. The molecule has 5 nitrogen and oxygen atoms in total. The maximum Gasteiger partial charge on any atom is 0.147 e. The highest BCUT2D eigenvalue weighted by atomic mass is 35.5. The molecule has 2 atom stereocenters. The van der Waals surface area contributed by atoms with Gasteiger partial charge < -0.3 is 9.64 Å². The largest absolute Gasteiger partial charge is 0.373 e. The molecule has 2 aliphatic rings. The van der Waals surface area contributed by atoms with Gasteiger partial charge in [-0.1, -0.05) is 23.2 Å². The first-order valence-corrected chi connectivity index (χ1v) is 8.06. The van der Waals surface area contributed by atoms with E-state index in [9.17, 15) is 0 Å². The van der Waals surface area contributed by atoms with Crippen LogP contribution in [0, 0.1) is 0 Å². The van der Waals surface area contributed by atoms with Crippen molar-refractivity contribution in [3.63, 3.8) is 0 Å².